The fourth-order valence-corrected chi connectivity index (χ4v) is 2.64. The Labute approximate surface area is 141 Å². The predicted molar refractivity (Wildman–Crippen MR) is 91.5 cm³/mol. The lowest BCUT2D eigenvalue weighted by Gasteiger charge is -2.03. The number of methoxy groups -OCH3 is 1. The molecule has 2 heterocycles. The van der Waals surface area contributed by atoms with Crippen LogP contribution in [0.4, 0.5) is 5.13 Å². The highest BCUT2D eigenvalue weighted by atomic mass is 32.1. The Kier molecular flexibility index (Phi) is 4.39. The van der Waals surface area contributed by atoms with Crippen LogP contribution in [0.5, 0.6) is 5.75 Å². The van der Waals surface area contributed by atoms with Gasteiger partial charge in [-0.2, -0.15) is 9.36 Å². The molecule has 1 amide bonds. The van der Waals surface area contributed by atoms with Crippen LogP contribution in [0.15, 0.2) is 47.4 Å². The number of rotatable bonds is 4. The van der Waals surface area contributed by atoms with Gasteiger partial charge in [0.1, 0.15) is 5.75 Å². The predicted octanol–water partition coefficient (Wildman–Crippen LogP) is 2.16. The first-order valence-corrected chi connectivity index (χ1v) is 7.80. The highest BCUT2D eigenvalue weighted by Gasteiger charge is 2.12. The van der Waals surface area contributed by atoms with Crippen LogP contribution in [0, 0.1) is 0 Å². The van der Waals surface area contributed by atoms with Crippen molar-refractivity contribution in [2.75, 3.05) is 12.4 Å². The number of benzene rings is 1. The lowest BCUT2D eigenvalue weighted by molar-refractivity contribution is 0.102. The Morgan fingerprint density at radius 2 is 2.12 bits per heavy atom. The lowest BCUT2D eigenvalue weighted by Crippen LogP contribution is -2.19. The van der Waals surface area contributed by atoms with Gasteiger partial charge in [-0.1, -0.05) is 12.1 Å². The summed E-state index contributed by atoms with van der Waals surface area (Å²) in [5.74, 6) is 0.867. The second-order valence-electron chi connectivity index (χ2n) is 4.98. The first-order valence-electron chi connectivity index (χ1n) is 7.03. The van der Waals surface area contributed by atoms with Gasteiger partial charge in [0, 0.05) is 36.4 Å². The highest BCUT2D eigenvalue weighted by Crippen LogP contribution is 2.24. The molecule has 0 bridgehead atoms. The Morgan fingerprint density at radius 3 is 2.88 bits per heavy atom. The molecule has 0 saturated heterocycles. The van der Waals surface area contributed by atoms with Gasteiger partial charge >= 0.3 is 0 Å². The van der Waals surface area contributed by atoms with Crippen molar-refractivity contribution in [1.29, 1.82) is 0 Å². The number of anilines is 1. The van der Waals surface area contributed by atoms with E-state index < -0.39 is 0 Å². The van der Waals surface area contributed by atoms with Gasteiger partial charge in [0.2, 0.25) is 10.7 Å². The van der Waals surface area contributed by atoms with Crippen LogP contribution in [-0.4, -0.2) is 26.9 Å². The molecule has 3 rings (SSSR count). The molecule has 0 unspecified atom stereocenters. The van der Waals surface area contributed by atoms with Gasteiger partial charge in [0.25, 0.3) is 5.91 Å². The van der Waals surface area contributed by atoms with Gasteiger partial charge in [0.05, 0.1) is 12.7 Å². The molecule has 1 N–H and O–H groups in total. The zero-order valence-electron chi connectivity index (χ0n) is 13.0. The normalized spacial score (nSPS) is 10.4. The smallest absolute Gasteiger partial charge is 0.258 e. The van der Waals surface area contributed by atoms with E-state index in [0.29, 0.717) is 22.3 Å². The number of aryl methyl sites for hydroxylation is 1. The number of carbonyl (C=O) groups excluding carboxylic acids is 1. The van der Waals surface area contributed by atoms with Crippen molar-refractivity contribution < 1.29 is 9.53 Å². The van der Waals surface area contributed by atoms with Gasteiger partial charge < -0.3 is 9.30 Å². The second-order valence-corrected chi connectivity index (χ2v) is 5.73. The van der Waals surface area contributed by atoms with Crippen LogP contribution in [0.2, 0.25) is 0 Å². The zero-order valence-corrected chi connectivity index (χ0v) is 13.8. The van der Waals surface area contributed by atoms with Crippen LogP contribution >= 0.6 is 11.5 Å². The number of ether oxygens (including phenoxy) is 1. The fraction of sp³-hybridized carbons (Fsp3) is 0.125. The van der Waals surface area contributed by atoms with E-state index in [9.17, 15) is 9.59 Å². The van der Waals surface area contributed by atoms with Gasteiger partial charge in [-0.25, -0.2) is 0 Å². The van der Waals surface area contributed by atoms with Crippen molar-refractivity contribution in [2.24, 2.45) is 7.05 Å². The number of amides is 1. The topological polar surface area (TPSA) is 86.1 Å². The van der Waals surface area contributed by atoms with E-state index in [-0.39, 0.29) is 11.5 Å². The summed E-state index contributed by atoms with van der Waals surface area (Å²) in [6.45, 7) is 0. The molecule has 0 atom stereocenters. The van der Waals surface area contributed by atoms with Crippen LogP contribution in [0.25, 0.3) is 11.4 Å². The third-order valence-corrected chi connectivity index (χ3v) is 3.95. The first-order chi connectivity index (χ1) is 11.6. The standard InChI is InChI=1S/C16H14N4O3S/c1-20-9-11(6-7-13(20)21)15(22)18-16-17-14(19-24-16)10-4-3-5-12(8-10)23-2/h3-9H,1-2H3,(H,17,18,19,22). The maximum atomic E-state index is 12.2. The van der Waals surface area contributed by atoms with Gasteiger partial charge in [-0.05, 0) is 18.2 Å². The van der Waals surface area contributed by atoms with Crippen molar-refractivity contribution in [3.8, 4) is 17.1 Å². The molecule has 2 aromatic heterocycles. The molecule has 3 aromatic rings. The van der Waals surface area contributed by atoms with Gasteiger partial charge in [-0.15, -0.1) is 0 Å². The number of pyridine rings is 1. The number of hydrogen-bond donors (Lipinski definition) is 1. The Morgan fingerprint density at radius 1 is 1.29 bits per heavy atom. The Bertz CT molecular complexity index is 948. The molecule has 122 valence electrons. The molecule has 1 aromatic carbocycles. The number of hydrogen-bond acceptors (Lipinski definition) is 6. The maximum Gasteiger partial charge on any atom is 0.258 e. The van der Waals surface area contributed by atoms with Crippen molar-refractivity contribution in [3.05, 3.63) is 58.5 Å². The number of aromatic nitrogens is 3. The number of nitrogens with zero attached hydrogens (tertiary/aromatic N) is 3. The largest absolute Gasteiger partial charge is 0.497 e. The average Bonchev–Trinajstić information content (AvgIpc) is 3.06. The SMILES string of the molecule is COc1cccc(-c2nsc(NC(=O)c3ccc(=O)n(C)c3)n2)c1. The summed E-state index contributed by atoms with van der Waals surface area (Å²) >= 11 is 1.09. The lowest BCUT2D eigenvalue weighted by atomic mass is 10.2. The van der Waals surface area contributed by atoms with Crippen LogP contribution in [-0.2, 0) is 7.05 Å². The van der Waals surface area contributed by atoms with E-state index in [1.165, 1.54) is 22.9 Å². The van der Waals surface area contributed by atoms with Crippen LogP contribution in [0.1, 0.15) is 10.4 Å². The molecule has 0 aliphatic heterocycles. The molecule has 0 fully saturated rings. The van der Waals surface area contributed by atoms with Crippen molar-refractivity contribution in [3.63, 3.8) is 0 Å². The van der Waals surface area contributed by atoms with E-state index >= 15 is 0 Å². The van der Waals surface area contributed by atoms with Gasteiger partial charge in [-0.3, -0.25) is 14.9 Å². The average molecular weight is 342 g/mol. The summed E-state index contributed by atoms with van der Waals surface area (Å²) in [4.78, 5) is 27.9. The van der Waals surface area contributed by atoms with E-state index in [2.05, 4.69) is 14.7 Å². The minimum Gasteiger partial charge on any atom is -0.497 e. The third-order valence-electron chi connectivity index (χ3n) is 3.32. The molecule has 0 aliphatic rings. The van der Waals surface area contributed by atoms with Crippen molar-refractivity contribution in [2.45, 2.75) is 0 Å². The molecule has 0 spiro atoms. The highest BCUT2D eigenvalue weighted by molar-refractivity contribution is 7.10. The molecule has 0 radical (unpaired) electrons. The van der Waals surface area contributed by atoms with Crippen molar-refractivity contribution in [1.82, 2.24) is 13.9 Å². The summed E-state index contributed by atoms with van der Waals surface area (Å²) < 4.78 is 10.8. The number of carbonyl (C=O) groups is 1. The first kappa shape index (κ1) is 15.9. The van der Waals surface area contributed by atoms with Gasteiger partial charge in [0.15, 0.2) is 5.82 Å². The van der Waals surface area contributed by atoms with Crippen LogP contribution in [0.3, 0.4) is 0 Å². The molecule has 0 aliphatic carbocycles. The third kappa shape index (κ3) is 3.33. The Balaban J connectivity index is 1.79. The molecule has 24 heavy (non-hydrogen) atoms. The Hall–Kier alpha value is -3.00. The molecular weight excluding hydrogens is 328 g/mol. The minimum atomic E-state index is -0.348. The summed E-state index contributed by atoms with van der Waals surface area (Å²) in [5, 5.41) is 3.06. The molecular formula is C16H14N4O3S. The quantitative estimate of drug-likeness (QED) is 0.785. The molecule has 8 heteroatoms. The summed E-state index contributed by atoms with van der Waals surface area (Å²) in [7, 11) is 3.18. The summed E-state index contributed by atoms with van der Waals surface area (Å²) in [6, 6.07) is 10.2. The maximum absolute atomic E-state index is 12.2. The van der Waals surface area contributed by atoms with Crippen molar-refractivity contribution >= 4 is 22.6 Å². The minimum absolute atomic E-state index is 0.178. The van der Waals surface area contributed by atoms with E-state index in [4.69, 9.17) is 4.74 Å². The van der Waals surface area contributed by atoms with E-state index in [1.807, 2.05) is 24.3 Å². The second kappa shape index (κ2) is 6.63. The monoisotopic (exact) mass is 342 g/mol. The van der Waals surface area contributed by atoms with E-state index in [1.54, 1.807) is 14.2 Å². The number of nitrogens with one attached hydrogen (secondary N) is 1. The van der Waals surface area contributed by atoms with E-state index in [0.717, 1.165) is 17.1 Å². The zero-order chi connectivity index (χ0) is 17.1. The molecule has 7 nitrogen and oxygen atoms in total. The van der Waals surface area contributed by atoms with Crippen LogP contribution < -0.4 is 15.6 Å². The molecule has 0 saturated carbocycles. The fourth-order valence-electron chi connectivity index (χ4n) is 2.05. The summed E-state index contributed by atoms with van der Waals surface area (Å²) in [6.07, 6.45) is 1.47. The summed E-state index contributed by atoms with van der Waals surface area (Å²) in [5.41, 5.74) is 0.992.